The molecule has 3 saturated heterocycles. The molecule has 3 heterocycles. The topological polar surface area (TPSA) is 107 Å². The summed E-state index contributed by atoms with van der Waals surface area (Å²) in [5.41, 5.74) is 3.17. The third kappa shape index (κ3) is 5.26. The molecule has 2 aromatic rings. The molecule has 0 bridgehead atoms. The van der Waals surface area contributed by atoms with E-state index in [1.165, 1.54) is 9.80 Å². The maximum Gasteiger partial charge on any atom is 0.236 e. The predicted octanol–water partition coefficient (Wildman–Crippen LogP) is 2.27. The summed E-state index contributed by atoms with van der Waals surface area (Å²) in [7, 11) is 3.29. The molecule has 2 aromatic carbocycles. The van der Waals surface area contributed by atoms with Gasteiger partial charge in [-0.3, -0.25) is 9.59 Å². The minimum absolute atomic E-state index is 0.258. The monoisotopic (exact) mass is 512 g/mol. The van der Waals surface area contributed by atoms with Crippen molar-refractivity contribution < 1.29 is 38.4 Å². The van der Waals surface area contributed by atoms with Gasteiger partial charge < -0.3 is 38.6 Å². The summed E-state index contributed by atoms with van der Waals surface area (Å²) in [5.74, 6) is -0.618. The zero-order valence-electron chi connectivity index (χ0n) is 21.3. The Morgan fingerprint density at radius 1 is 0.865 bits per heavy atom. The van der Waals surface area contributed by atoms with Crippen LogP contribution in [0.2, 0.25) is 0 Å². The van der Waals surface area contributed by atoms with Gasteiger partial charge in [0.25, 0.3) is 0 Å². The first-order chi connectivity index (χ1) is 17.7. The number of fused-ring (bicyclic) bond motifs is 1. The van der Waals surface area contributed by atoms with E-state index in [1.807, 2.05) is 31.2 Å². The predicted molar refractivity (Wildman–Crippen MR) is 133 cm³/mol. The second kappa shape index (κ2) is 10.5. The summed E-state index contributed by atoms with van der Waals surface area (Å²) in [5, 5.41) is 10.7. The highest BCUT2D eigenvalue weighted by Crippen LogP contribution is 2.41. The Hall–Kier alpha value is -2.86. The van der Waals surface area contributed by atoms with Gasteiger partial charge in [-0.25, -0.2) is 0 Å². The van der Waals surface area contributed by atoms with Gasteiger partial charge in [-0.2, -0.15) is 0 Å². The van der Waals surface area contributed by atoms with Gasteiger partial charge in [-0.1, -0.05) is 29.8 Å². The van der Waals surface area contributed by atoms with Crippen LogP contribution < -0.4 is 9.80 Å². The SMILES string of the molecule is Cc1ccc(N(C)C(=O)CC(=O)N(C)c2ccc(C3OC4OC(C5COC(C)O5)C(O)C4O3)cc2)cc1. The lowest BCUT2D eigenvalue weighted by Crippen LogP contribution is -2.40. The average Bonchev–Trinajstić information content (AvgIpc) is 3.59. The number of carbonyl (C=O) groups excluding carboxylic acids is 2. The van der Waals surface area contributed by atoms with Gasteiger partial charge in [0, 0.05) is 31.0 Å². The van der Waals surface area contributed by atoms with E-state index in [-0.39, 0.29) is 30.6 Å². The summed E-state index contributed by atoms with van der Waals surface area (Å²) >= 11 is 0. The number of anilines is 2. The molecule has 3 fully saturated rings. The van der Waals surface area contributed by atoms with Gasteiger partial charge in [-0.15, -0.1) is 0 Å². The number of ether oxygens (including phenoxy) is 5. The molecule has 7 atom stereocenters. The Balaban J connectivity index is 1.15. The first-order valence-corrected chi connectivity index (χ1v) is 12.3. The Bertz CT molecular complexity index is 1120. The van der Waals surface area contributed by atoms with Gasteiger partial charge in [-0.05, 0) is 38.1 Å². The maximum absolute atomic E-state index is 12.8. The highest BCUT2D eigenvalue weighted by atomic mass is 16.8. The van der Waals surface area contributed by atoms with Crippen LogP contribution in [-0.2, 0) is 33.3 Å². The van der Waals surface area contributed by atoms with Crippen LogP contribution in [0.4, 0.5) is 11.4 Å². The standard InChI is InChI=1S/C27H32N2O8/c1-15-5-9-18(10-6-15)28(3)21(30)13-22(31)29(4)19-11-7-17(8-12-19)26-36-25-23(32)24(35-27(25)37-26)20-14-33-16(2)34-20/h5-12,16,20,23-27,32H,13-14H2,1-4H3. The van der Waals surface area contributed by atoms with Crippen LogP contribution in [-0.4, -0.2) is 74.6 Å². The van der Waals surface area contributed by atoms with Crippen molar-refractivity contribution in [1.29, 1.82) is 0 Å². The maximum atomic E-state index is 12.8. The first kappa shape index (κ1) is 25.8. The highest BCUT2D eigenvalue weighted by molar-refractivity contribution is 6.09. The first-order valence-electron chi connectivity index (χ1n) is 12.3. The number of carbonyl (C=O) groups is 2. The summed E-state index contributed by atoms with van der Waals surface area (Å²) in [4.78, 5) is 28.3. The Kier molecular flexibility index (Phi) is 7.30. The molecule has 2 amide bonds. The van der Waals surface area contributed by atoms with Crippen molar-refractivity contribution in [2.75, 3.05) is 30.5 Å². The molecule has 37 heavy (non-hydrogen) atoms. The lowest BCUT2D eigenvalue weighted by atomic mass is 10.1. The minimum Gasteiger partial charge on any atom is -0.387 e. The largest absolute Gasteiger partial charge is 0.387 e. The third-order valence-corrected chi connectivity index (χ3v) is 7.02. The molecule has 3 aliphatic rings. The van der Waals surface area contributed by atoms with Crippen LogP contribution in [0.1, 0.15) is 30.8 Å². The van der Waals surface area contributed by atoms with Crippen molar-refractivity contribution in [3.05, 3.63) is 59.7 Å². The number of hydrogen-bond donors (Lipinski definition) is 1. The van der Waals surface area contributed by atoms with E-state index < -0.39 is 30.9 Å². The number of hydrogen-bond acceptors (Lipinski definition) is 8. The van der Waals surface area contributed by atoms with Crippen LogP contribution in [0.25, 0.3) is 0 Å². The van der Waals surface area contributed by atoms with Crippen molar-refractivity contribution in [2.24, 2.45) is 0 Å². The molecule has 0 spiro atoms. The summed E-state index contributed by atoms with van der Waals surface area (Å²) in [6.07, 6.45) is -4.55. The molecular weight excluding hydrogens is 480 g/mol. The van der Waals surface area contributed by atoms with Crippen LogP contribution in [0.5, 0.6) is 0 Å². The van der Waals surface area contributed by atoms with E-state index in [2.05, 4.69) is 0 Å². The molecule has 0 saturated carbocycles. The number of aryl methyl sites for hydroxylation is 1. The summed E-state index contributed by atoms with van der Waals surface area (Å²) in [6.45, 7) is 4.11. The van der Waals surface area contributed by atoms with Gasteiger partial charge in [0.15, 0.2) is 18.9 Å². The van der Waals surface area contributed by atoms with Gasteiger partial charge in [0.2, 0.25) is 11.8 Å². The van der Waals surface area contributed by atoms with Crippen molar-refractivity contribution in [1.82, 2.24) is 0 Å². The number of aliphatic hydroxyl groups is 1. The smallest absolute Gasteiger partial charge is 0.236 e. The van der Waals surface area contributed by atoms with E-state index in [4.69, 9.17) is 23.7 Å². The molecular formula is C27H32N2O8. The molecule has 5 rings (SSSR count). The Morgan fingerprint density at radius 3 is 2.00 bits per heavy atom. The van der Waals surface area contributed by atoms with E-state index >= 15 is 0 Å². The van der Waals surface area contributed by atoms with Crippen LogP contribution in [0.15, 0.2) is 48.5 Å². The van der Waals surface area contributed by atoms with Gasteiger partial charge in [0.05, 0.1) is 6.61 Å². The van der Waals surface area contributed by atoms with E-state index in [0.717, 1.165) is 16.8 Å². The molecule has 3 aliphatic heterocycles. The minimum atomic E-state index is -0.910. The second-order valence-corrected chi connectivity index (χ2v) is 9.61. The zero-order chi connectivity index (χ0) is 26.3. The third-order valence-electron chi connectivity index (χ3n) is 7.02. The Morgan fingerprint density at radius 2 is 1.46 bits per heavy atom. The van der Waals surface area contributed by atoms with Crippen LogP contribution >= 0.6 is 0 Å². The normalized spacial score (nSPS) is 30.8. The van der Waals surface area contributed by atoms with Crippen LogP contribution in [0, 0.1) is 6.92 Å². The lowest BCUT2D eigenvalue weighted by molar-refractivity contribution is -0.192. The fourth-order valence-electron chi connectivity index (χ4n) is 4.68. The summed E-state index contributed by atoms with van der Waals surface area (Å²) < 4.78 is 28.8. The van der Waals surface area contributed by atoms with Crippen LogP contribution in [0.3, 0.4) is 0 Å². The molecule has 0 aromatic heterocycles. The number of nitrogens with zero attached hydrogens (tertiary/aromatic N) is 2. The van der Waals surface area contributed by atoms with Crippen molar-refractivity contribution in [3.63, 3.8) is 0 Å². The number of benzene rings is 2. The number of rotatable bonds is 6. The van der Waals surface area contributed by atoms with E-state index in [0.29, 0.717) is 12.3 Å². The van der Waals surface area contributed by atoms with E-state index in [9.17, 15) is 14.7 Å². The Labute approximate surface area is 215 Å². The molecule has 1 N–H and O–H groups in total. The van der Waals surface area contributed by atoms with Crippen molar-refractivity contribution >= 4 is 23.2 Å². The molecule has 0 aliphatic carbocycles. The number of amides is 2. The zero-order valence-corrected chi connectivity index (χ0v) is 21.3. The second-order valence-electron chi connectivity index (χ2n) is 9.61. The lowest BCUT2D eigenvalue weighted by Gasteiger charge is -2.23. The molecule has 10 nitrogen and oxygen atoms in total. The molecule has 7 unspecified atom stereocenters. The van der Waals surface area contributed by atoms with Crippen molar-refractivity contribution in [3.8, 4) is 0 Å². The quantitative estimate of drug-likeness (QED) is 0.588. The molecule has 198 valence electrons. The highest BCUT2D eigenvalue weighted by Gasteiger charge is 2.55. The fraction of sp³-hybridized carbons (Fsp3) is 0.481. The number of aliphatic hydroxyl groups excluding tert-OH is 1. The van der Waals surface area contributed by atoms with Gasteiger partial charge in [0.1, 0.15) is 30.8 Å². The van der Waals surface area contributed by atoms with Crippen molar-refractivity contribution in [2.45, 2.75) is 63.6 Å². The van der Waals surface area contributed by atoms with Gasteiger partial charge >= 0.3 is 0 Å². The average molecular weight is 513 g/mol. The van der Waals surface area contributed by atoms with E-state index in [1.54, 1.807) is 45.3 Å². The summed E-state index contributed by atoms with van der Waals surface area (Å²) in [6, 6.07) is 14.6. The fourth-order valence-corrected chi connectivity index (χ4v) is 4.68. The molecule has 10 heteroatoms. The molecule has 0 radical (unpaired) electrons.